The normalized spacial score (nSPS) is 11.7. The monoisotopic (exact) mass is 442 g/mol. The van der Waals surface area contributed by atoms with E-state index in [9.17, 15) is 0 Å². The molecule has 3 rings (SSSR count). The number of halogens is 2. The molecule has 0 saturated heterocycles. The molecule has 3 aromatic rings. The summed E-state index contributed by atoms with van der Waals surface area (Å²) >= 11 is 12.6. The third kappa shape index (κ3) is 6.36. The number of fused-ring (bicyclic) bond motifs is 1. The number of aryl methyl sites for hydroxylation is 1. The Morgan fingerprint density at radius 2 is 1.40 bits per heavy atom. The van der Waals surface area contributed by atoms with Crippen molar-refractivity contribution in [3.05, 3.63) is 63.9 Å². The molecule has 4 heteroatoms. The van der Waals surface area contributed by atoms with E-state index in [-0.39, 0.29) is 0 Å². The van der Waals surface area contributed by atoms with Crippen molar-refractivity contribution >= 4 is 46.4 Å². The second-order valence-corrected chi connectivity index (χ2v) is 8.72. The first-order valence-electron chi connectivity index (χ1n) is 11.3. The van der Waals surface area contributed by atoms with E-state index in [0.29, 0.717) is 10.0 Å². The average molecular weight is 443 g/mol. The number of rotatable bonds is 12. The van der Waals surface area contributed by atoms with Crippen LogP contribution in [0.5, 0.6) is 0 Å². The van der Waals surface area contributed by atoms with Crippen LogP contribution < -0.4 is 0 Å². The van der Waals surface area contributed by atoms with E-state index in [1.54, 1.807) is 0 Å². The maximum absolute atomic E-state index is 6.32. The molecule has 0 radical (unpaired) electrons. The average Bonchev–Trinajstić information content (AvgIpc) is 3.10. The minimum atomic E-state index is 0.653. The van der Waals surface area contributed by atoms with Crippen molar-refractivity contribution in [3.63, 3.8) is 0 Å². The van der Waals surface area contributed by atoms with E-state index in [4.69, 9.17) is 28.2 Å². The summed E-state index contributed by atoms with van der Waals surface area (Å²) < 4.78 is 2.32. The van der Waals surface area contributed by atoms with Gasteiger partial charge in [-0.25, -0.2) is 4.98 Å². The lowest BCUT2D eigenvalue weighted by Gasteiger charge is -2.08. The van der Waals surface area contributed by atoms with Gasteiger partial charge >= 0.3 is 0 Å². The second kappa shape index (κ2) is 12.2. The first-order valence-corrected chi connectivity index (χ1v) is 12.0. The maximum Gasteiger partial charge on any atom is 0.133 e. The van der Waals surface area contributed by atoms with Gasteiger partial charge in [-0.15, -0.1) is 0 Å². The van der Waals surface area contributed by atoms with E-state index in [1.807, 2.05) is 36.4 Å². The molecule has 0 aliphatic carbocycles. The largest absolute Gasteiger partial charge is 0.324 e. The van der Waals surface area contributed by atoms with Crippen LogP contribution in [0.25, 0.3) is 23.2 Å². The molecule has 0 N–H and O–H groups in total. The van der Waals surface area contributed by atoms with Crippen LogP contribution in [-0.4, -0.2) is 9.55 Å². The molecule has 0 fully saturated rings. The molecular formula is C26H32Cl2N2. The van der Waals surface area contributed by atoms with Crippen molar-refractivity contribution in [1.82, 2.24) is 9.55 Å². The van der Waals surface area contributed by atoms with Crippen LogP contribution in [-0.2, 0) is 6.54 Å². The van der Waals surface area contributed by atoms with Gasteiger partial charge in [0.05, 0.1) is 11.0 Å². The molecule has 1 heterocycles. The molecule has 0 aliphatic rings. The van der Waals surface area contributed by atoms with Gasteiger partial charge in [0, 0.05) is 22.2 Å². The molecule has 0 bridgehead atoms. The number of hydrogen-bond acceptors (Lipinski definition) is 1. The molecule has 0 amide bonds. The standard InChI is InChI=1S/C26H32Cl2N2/c1-2-3-4-5-6-7-8-9-12-20-30-25-17-11-10-16-24(25)29-26(30)19-18-21-22(27)14-13-15-23(21)28/h10-11,13-19H,2-9,12,20H2,1H3/b19-18+. The van der Waals surface area contributed by atoms with Crippen molar-refractivity contribution in [2.45, 2.75) is 71.3 Å². The fourth-order valence-corrected chi connectivity index (χ4v) is 4.39. The summed E-state index contributed by atoms with van der Waals surface area (Å²) in [6.07, 6.45) is 16.0. The summed E-state index contributed by atoms with van der Waals surface area (Å²) in [4.78, 5) is 4.83. The molecule has 0 spiro atoms. The number of imidazole rings is 1. The molecule has 2 aromatic carbocycles. The Balaban J connectivity index is 1.63. The van der Waals surface area contributed by atoms with E-state index >= 15 is 0 Å². The molecule has 0 saturated carbocycles. The third-order valence-corrected chi connectivity index (χ3v) is 6.23. The van der Waals surface area contributed by atoms with Crippen LogP contribution in [0.2, 0.25) is 10.0 Å². The molecule has 30 heavy (non-hydrogen) atoms. The molecule has 0 atom stereocenters. The summed E-state index contributed by atoms with van der Waals surface area (Å²) in [5.74, 6) is 0.951. The van der Waals surface area contributed by atoms with Crippen LogP contribution in [0.15, 0.2) is 42.5 Å². The van der Waals surface area contributed by atoms with Gasteiger partial charge in [-0.1, -0.05) is 99.7 Å². The van der Waals surface area contributed by atoms with Gasteiger partial charge < -0.3 is 4.57 Å². The Morgan fingerprint density at radius 1 is 0.767 bits per heavy atom. The Kier molecular flexibility index (Phi) is 9.29. The lowest BCUT2D eigenvalue weighted by molar-refractivity contribution is 0.541. The fraction of sp³-hybridized carbons (Fsp3) is 0.423. The van der Waals surface area contributed by atoms with Crippen molar-refractivity contribution in [2.24, 2.45) is 0 Å². The van der Waals surface area contributed by atoms with Crippen LogP contribution in [0.4, 0.5) is 0 Å². The van der Waals surface area contributed by atoms with Gasteiger partial charge in [0.1, 0.15) is 5.82 Å². The fourth-order valence-electron chi connectivity index (χ4n) is 3.86. The van der Waals surface area contributed by atoms with Gasteiger partial charge in [-0.3, -0.25) is 0 Å². The number of benzene rings is 2. The predicted octanol–water partition coefficient (Wildman–Crippen LogP) is 9.04. The number of unbranched alkanes of at least 4 members (excludes halogenated alkanes) is 8. The van der Waals surface area contributed by atoms with Crippen molar-refractivity contribution < 1.29 is 0 Å². The second-order valence-electron chi connectivity index (χ2n) is 7.91. The number of para-hydroxylation sites is 2. The smallest absolute Gasteiger partial charge is 0.133 e. The highest BCUT2D eigenvalue weighted by Crippen LogP contribution is 2.27. The Hall–Kier alpha value is -1.77. The first kappa shape index (κ1) is 22.9. The molecule has 0 aliphatic heterocycles. The van der Waals surface area contributed by atoms with Gasteiger partial charge in [-0.2, -0.15) is 0 Å². The van der Waals surface area contributed by atoms with Crippen LogP contribution in [0.1, 0.15) is 76.1 Å². The van der Waals surface area contributed by atoms with E-state index in [0.717, 1.165) is 23.4 Å². The quantitative estimate of drug-likeness (QED) is 0.255. The zero-order valence-electron chi connectivity index (χ0n) is 17.9. The maximum atomic E-state index is 6.32. The van der Waals surface area contributed by atoms with Crippen LogP contribution in [0, 0.1) is 0 Å². The Morgan fingerprint density at radius 3 is 2.10 bits per heavy atom. The van der Waals surface area contributed by atoms with Crippen LogP contribution >= 0.6 is 23.2 Å². The summed E-state index contributed by atoms with van der Waals surface area (Å²) in [5.41, 5.74) is 3.04. The minimum absolute atomic E-state index is 0.653. The van der Waals surface area contributed by atoms with Crippen molar-refractivity contribution in [2.75, 3.05) is 0 Å². The minimum Gasteiger partial charge on any atom is -0.324 e. The highest BCUT2D eigenvalue weighted by molar-refractivity contribution is 6.37. The van der Waals surface area contributed by atoms with Crippen molar-refractivity contribution in [1.29, 1.82) is 0 Å². The highest BCUT2D eigenvalue weighted by atomic mass is 35.5. The molecule has 160 valence electrons. The highest BCUT2D eigenvalue weighted by Gasteiger charge is 2.09. The number of hydrogen-bond donors (Lipinski definition) is 0. The van der Waals surface area contributed by atoms with Gasteiger partial charge in [0.25, 0.3) is 0 Å². The zero-order valence-corrected chi connectivity index (χ0v) is 19.4. The lowest BCUT2D eigenvalue weighted by Crippen LogP contribution is -2.00. The molecule has 1 aromatic heterocycles. The number of nitrogens with zero attached hydrogens (tertiary/aromatic N) is 2. The van der Waals surface area contributed by atoms with Gasteiger partial charge in [0.2, 0.25) is 0 Å². The number of aromatic nitrogens is 2. The topological polar surface area (TPSA) is 17.8 Å². The first-order chi connectivity index (χ1) is 14.7. The summed E-state index contributed by atoms with van der Waals surface area (Å²) in [5, 5.41) is 1.31. The predicted molar refractivity (Wildman–Crippen MR) is 132 cm³/mol. The third-order valence-electron chi connectivity index (χ3n) is 5.57. The van der Waals surface area contributed by atoms with E-state index in [1.165, 1.54) is 63.3 Å². The van der Waals surface area contributed by atoms with E-state index < -0.39 is 0 Å². The Bertz CT molecular complexity index is 939. The molecule has 2 nitrogen and oxygen atoms in total. The summed E-state index contributed by atoms with van der Waals surface area (Å²) in [6, 6.07) is 13.9. The molecule has 0 unspecified atom stereocenters. The van der Waals surface area contributed by atoms with E-state index in [2.05, 4.69) is 29.7 Å². The van der Waals surface area contributed by atoms with Gasteiger partial charge in [0.15, 0.2) is 0 Å². The Labute approximate surface area is 190 Å². The van der Waals surface area contributed by atoms with Gasteiger partial charge in [-0.05, 0) is 42.8 Å². The van der Waals surface area contributed by atoms with Crippen LogP contribution in [0.3, 0.4) is 0 Å². The SMILES string of the molecule is CCCCCCCCCCCn1c(/C=C/c2c(Cl)cccc2Cl)nc2ccccc21. The summed E-state index contributed by atoms with van der Waals surface area (Å²) in [6.45, 7) is 3.25. The summed E-state index contributed by atoms with van der Waals surface area (Å²) in [7, 11) is 0. The molecular weight excluding hydrogens is 411 g/mol. The zero-order chi connectivity index (χ0) is 21.2. The van der Waals surface area contributed by atoms with Crippen molar-refractivity contribution in [3.8, 4) is 0 Å². The lowest BCUT2D eigenvalue weighted by atomic mass is 10.1.